The average molecular weight is 286 g/mol. The summed E-state index contributed by atoms with van der Waals surface area (Å²) in [7, 11) is 0. The van der Waals surface area contributed by atoms with Gasteiger partial charge in [-0.1, -0.05) is 22.9 Å². The minimum absolute atomic E-state index is 0.582. The van der Waals surface area contributed by atoms with Gasteiger partial charge in [0.25, 0.3) is 0 Å². The van der Waals surface area contributed by atoms with E-state index < -0.39 is 0 Å². The highest BCUT2D eigenvalue weighted by Gasteiger charge is 2.06. The van der Waals surface area contributed by atoms with Gasteiger partial charge in [0.1, 0.15) is 12.4 Å². The summed E-state index contributed by atoms with van der Waals surface area (Å²) in [5.74, 6) is 0.933. The maximum absolute atomic E-state index is 5.68. The van der Waals surface area contributed by atoms with Crippen molar-refractivity contribution in [1.29, 1.82) is 0 Å². The topological polar surface area (TPSA) is 12.5 Å². The van der Waals surface area contributed by atoms with Crippen molar-refractivity contribution in [2.75, 3.05) is 19.7 Å². The Morgan fingerprint density at radius 1 is 1.25 bits per heavy atom. The molecule has 0 N–H and O–H groups in total. The third kappa shape index (κ3) is 4.54. The molecule has 1 aromatic rings. The van der Waals surface area contributed by atoms with E-state index >= 15 is 0 Å². The summed E-state index contributed by atoms with van der Waals surface area (Å²) in [6, 6.07) is 8.54. The van der Waals surface area contributed by atoms with Crippen molar-refractivity contribution < 1.29 is 4.74 Å². The van der Waals surface area contributed by atoms with Crippen LogP contribution in [0.5, 0.6) is 5.75 Å². The van der Waals surface area contributed by atoms with Gasteiger partial charge in [-0.2, -0.15) is 0 Å². The van der Waals surface area contributed by atoms with Crippen LogP contribution in [0.15, 0.2) is 28.7 Å². The molecule has 90 valence electrons. The first-order valence-corrected chi connectivity index (χ1v) is 6.55. The lowest BCUT2D eigenvalue weighted by Crippen LogP contribution is -2.34. The van der Waals surface area contributed by atoms with Crippen LogP contribution in [0.1, 0.15) is 20.8 Å². The van der Waals surface area contributed by atoms with E-state index in [-0.39, 0.29) is 0 Å². The van der Waals surface area contributed by atoms with Gasteiger partial charge in [-0.15, -0.1) is 0 Å². The predicted molar refractivity (Wildman–Crippen MR) is 72.0 cm³/mol. The molecular formula is C13H20BrNO. The monoisotopic (exact) mass is 285 g/mol. The lowest BCUT2D eigenvalue weighted by atomic mass is 10.3. The van der Waals surface area contributed by atoms with E-state index in [2.05, 4.69) is 41.6 Å². The van der Waals surface area contributed by atoms with E-state index in [0.29, 0.717) is 6.04 Å². The SMILES string of the molecule is CCN(CCOc1ccc(Br)cc1)C(C)C. The van der Waals surface area contributed by atoms with Gasteiger partial charge in [-0.05, 0) is 44.7 Å². The molecule has 0 radical (unpaired) electrons. The van der Waals surface area contributed by atoms with Gasteiger partial charge in [-0.25, -0.2) is 0 Å². The van der Waals surface area contributed by atoms with Gasteiger partial charge in [0.05, 0.1) is 0 Å². The highest BCUT2D eigenvalue weighted by molar-refractivity contribution is 9.10. The Morgan fingerprint density at radius 2 is 1.88 bits per heavy atom. The van der Waals surface area contributed by atoms with Crippen molar-refractivity contribution in [3.8, 4) is 5.75 Å². The normalized spacial score (nSPS) is 11.1. The van der Waals surface area contributed by atoms with Crippen molar-refractivity contribution in [3.05, 3.63) is 28.7 Å². The first kappa shape index (κ1) is 13.5. The van der Waals surface area contributed by atoms with Gasteiger partial charge in [0.15, 0.2) is 0 Å². The quantitative estimate of drug-likeness (QED) is 0.793. The Labute approximate surface area is 107 Å². The van der Waals surface area contributed by atoms with Crippen LogP contribution >= 0.6 is 15.9 Å². The molecule has 0 aliphatic heterocycles. The van der Waals surface area contributed by atoms with Crippen LogP contribution in [0.2, 0.25) is 0 Å². The van der Waals surface area contributed by atoms with Crippen molar-refractivity contribution >= 4 is 15.9 Å². The predicted octanol–water partition coefficient (Wildman–Crippen LogP) is 3.56. The highest BCUT2D eigenvalue weighted by Crippen LogP contribution is 2.15. The minimum Gasteiger partial charge on any atom is -0.492 e. The van der Waals surface area contributed by atoms with E-state index in [4.69, 9.17) is 4.74 Å². The highest BCUT2D eigenvalue weighted by atomic mass is 79.9. The Balaban J connectivity index is 2.32. The van der Waals surface area contributed by atoms with E-state index in [1.165, 1.54) is 0 Å². The smallest absolute Gasteiger partial charge is 0.119 e. The average Bonchev–Trinajstić information content (AvgIpc) is 2.26. The molecule has 1 rings (SSSR count). The molecule has 0 saturated carbocycles. The molecule has 0 aliphatic rings. The molecule has 0 aromatic heterocycles. The van der Waals surface area contributed by atoms with E-state index in [1.54, 1.807) is 0 Å². The van der Waals surface area contributed by atoms with Gasteiger partial charge in [0.2, 0.25) is 0 Å². The van der Waals surface area contributed by atoms with Gasteiger partial charge >= 0.3 is 0 Å². The minimum atomic E-state index is 0.582. The molecule has 0 saturated heterocycles. The lowest BCUT2D eigenvalue weighted by molar-refractivity contribution is 0.183. The lowest BCUT2D eigenvalue weighted by Gasteiger charge is -2.24. The van der Waals surface area contributed by atoms with Crippen LogP contribution < -0.4 is 4.74 Å². The van der Waals surface area contributed by atoms with Crippen LogP contribution in [-0.4, -0.2) is 30.6 Å². The molecule has 0 bridgehead atoms. The molecule has 0 heterocycles. The van der Waals surface area contributed by atoms with Crippen molar-refractivity contribution in [2.24, 2.45) is 0 Å². The maximum atomic E-state index is 5.68. The molecule has 3 heteroatoms. The van der Waals surface area contributed by atoms with E-state index in [0.717, 1.165) is 29.9 Å². The summed E-state index contributed by atoms with van der Waals surface area (Å²) in [6.07, 6.45) is 0. The summed E-state index contributed by atoms with van der Waals surface area (Å²) in [5.41, 5.74) is 0. The third-order valence-corrected chi connectivity index (χ3v) is 3.13. The number of hydrogen-bond donors (Lipinski definition) is 0. The van der Waals surface area contributed by atoms with E-state index in [1.807, 2.05) is 24.3 Å². The number of rotatable bonds is 6. The second-order valence-electron chi connectivity index (χ2n) is 4.02. The van der Waals surface area contributed by atoms with Gasteiger partial charge in [-0.3, -0.25) is 4.90 Å². The Hall–Kier alpha value is -0.540. The molecule has 0 spiro atoms. The second kappa shape index (κ2) is 6.92. The number of ether oxygens (including phenoxy) is 1. The molecular weight excluding hydrogens is 266 g/mol. The third-order valence-electron chi connectivity index (χ3n) is 2.60. The first-order chi connectivity index (χ1) is 7.63. The summed E-state index contributed by atoms with van der Waals surface area (Å²) in [4.78, 5) is 2.39. The second-order valence-corrected chi connectivity index (χ2v) is 4.94. The van der Waals surface area contributed by atoms with E-state index in [9.17, 15) is 0 Å². The van der Waals surface area contributed by atoms with Crippen molar-refractivity contribution in [1.82, 2.24) is 4.90 Å². The standard InChI is InChI=1S/C13H20BrNO/c1-4-15(11(2)3)9-10-16-13-7-5-12(14)6-8-13/h5-8,11H,4,9-10H2,1-3H3. The zero-order chi connectivity index (χ0) is 12.0. The number of nitrogens with zero attached hydrogens (tertiary/aromatic N) is 1. The van der Waals surface area contributed by atoms with Crippen LogP contribution in [0.3, 0.4) is 0 Å². The molecule has 2 nitrogen and oxygen atoms in total. The molecule has 0 unspecified atom stereocenters. The molecule has 0 fully saturated rings. The fourth-order valence-corrected chi connectivity index (χ4v) is 1.86. The molecule has 0 atom stereocenters. The van der Waals surface area contributed by atoms with Crippen LogP contribution in [-0.2, 0) is 0 Å². The first-order valence-electron chi connectivity index (χ1n) is 5.76. The maximum Gasteiger partial charge on any atom is 0.119 e. The van der Waals surface area contributed by atoms with Crippen molar-refractivity contribution in [3.63, 3.8) is 0 Å². The van der Waals surface area contributed by atoms with Gasteiger partial charge in [0, 0.05) is 17.1 Å². The largest absolute Gasteiger partial charge is 0.492 e. The molecule has 16 heavy (non-hydrogen) atoms. The van der Waals surface area contributed by atoms with Crippen molar-refractivity contribution in [2.45, 2.75) is 26.8 Å². The number of likely N-dealkylation sites (N-methyl/N-ethyl adjacent to an activating group) is 1. The summed E-state index contributed by atoms with van der Waals surface area (Å²) in [6.45, 7) is 9.39. The zero-order valence-electron chi connectivity index (χ0n) is 10.2. The van der Waals surface area contributed by atoms with Crippen LogP contribution in [0.25, 0.3) is 0 Å². The summed E-state index contributed by atoms with van der Waals surface area (Å²) >= 11 is 3.40. The number of halogens is 1. The van der Waals surface area contributed by atoms with Gasteiger partial charge < -0.3 is 4.74 Å². The van der Waals surface area contributed by atoms with Crippen LogP contribution in [0, 0.1) is 0 Å². The fourth-order valence-electron chi connectivity index (χ4n) is 1.59. The summed E-state index contributed by atoms with van der Waals surface area (Å²) in [5, 5.41) is 0. The molecule has 0 aliphatic carbocycles. The zero-order valence-corrected chi connectivity index (χ0v) is 11.8. The molecule has 0 amide bonds. The number of benzene rings is 1. The summed E-state index contributed by atoms with van der Waals surface area (Å²) < 4.78 is 6.76. The Morgan fingerprint density at radius 3 is 2.38 bits per heavy atom. The number of hydrogen-bond acceptors (Lipinski definition) is 2. The Kier molecular flexibility index (Phi) is 5.85. The molecule has 1 aromatic carbocycles. The Bertz CT molecular complexity index is 297. The van der Waals surface area contributed by atoms with Crippen LogP contribution in [0.4, 0.5) is 0 Å². The fraction of sp³-hybridized carbons (Fsp3) is 0.538.